The summed E-state index contributed by atoms with van der Waals surface area (Å²) in [5.74, 6) is -0.0257. The number of anilines is 1. The summed E-state index contributed by atoms with van der Waals surface area (Å²) < 4.78 is 5.88. The number of nitrogens with zero attached hydrogens (tertiary/aromatic N) is 3. The number of fused-ring (bicyclic) bond motifs is 2. The van der Waals surface area contributed by atoms with E-state index < -0.39 is 5.97 Å². The van der Waals surface area contributed by atoms with E-state index in [-0.39, 0.29) is 30.6 Å². The van der Waals surface area contributed by atoms with Crippen LogP contribution in [0.4, 0.5) is 5.69 Å². The predicted molar refractivity (Wildman–Crippen MR) is 121 cm³/mol. The van der Waals surface area contributed by atoms with Gasteiger partial charge in [-0.3, -0.25) is 15.0 Å². The summed E-state index contributed by atoms with van der Waals surface area (Å²) >= 11 is 0. The number of aromatic nitrogens is 1. The van der Waals surface area contributed by atoms with Gasteiger partial charge in [0.25, 0.3) is 0 Å². The first-order chi connectivity index (χ1) is 15.3. The molecule has 0 atom stereocenters. The number of aryl methyl sites for hydroxylation is 1. The summed E-state index contributed by atoms with van der Waals surface area (Å²) in [5, 5.41) is 17.8. The molecule has 0 fully saturated rings. The lowest BCUT2D eigenvalue weighted by Gasteiger charge is -2.32. The third kappa shape index (κ3) is 4.04. The number of amidine groups is 1. The summed E-state index contributed by atoms with van der Waals surface area (Å²) in [6.45, 7) is 7.31. The number of benzene rings is 1. The number of hydrogen-bond acceptors (Lipinski definition) is 6. The number of ether oxygens (including phenoxy) is 1. The predicted octanol–water partition coefficient (Wildman–Crippen LogP) is 3.07. The maximum Gasteiger partial charge on any atom is 0.323 e. The molecule has 0 saturated carbocycles. The van der Waals surface area contributed by atoms with Crippen LogP contribution in [0.5, 0.6) is 5.75 Å². The average molecular weight is 437 g/mol. The molecule has 1 aromatic carbocycles. The van der Waals surface area contributed by atoms with E-state index in [9.17, 15) is 14.7 Å². The molecule has 1 aromatic heterocycles. The van der Waals surface area contributed by atoms with Crippen LogP contribution in [-0.4, -0.2) is 58.8 Å². The Morgan fingerprint density at radius 3 is 2.69 bits per heavy atom. The first-order valence-corrected chi connectivity index (χ1v) is 10.9. The standard InChI is InChI=1S/C24H28N4O4/c1-4-17-6-5-15-11-28(24(25)22(15)26-17)12-20(29)16-9-18(14(2)3)23-19(10-16)27(7-8-32-23)13-21(30)31/h5-6,9-10,14,25H,4,7-8,11-13H2,1-3H3,(H,30,31). The van der Waals surface area contributed by atoms with Crippen LogP contribution in [0.2, 0.25) is 0 Å². The van der Waals surface area contributed by atoms with Crippen LogP contribution in [-0.2, 0) is 17.8 Å². The number of aliphatic carboxylic acids is 1. The maximum absolute atomic E-state index is 13.3. The topological polar surface area (TPSA) is 107 Å². The van der Waals surface area contributed by atoms with Crippen molar-refractivity contribution >= 4 is 23.3 Å². The quantitative estimate of drug-likeness (QED) is 0.643. The minimum atomic E-state index is -0.928. The van der Waals surface area contributed by atoms with Gasteiger partial charge in [-0.05, 0) is 36.1 Å². The number of carboxylic acid groups (broad SMARTS) is 1. The monoisotopic (exact) mass is 436 g/mol. The molecule has 0 amide bonds. The molecule has 2 N–H and O–H groups in total. The molecule has 8 nitrogen and oxygen atoms in total. The van der Waals surface area contributed by atoms with Crippen molar-refractivity contribution in [3.05, 3.63) is 52.3 Å². The fourth-order valence-corrected chi connectivity index (χ4v) is 4.22. The van der Waals surface area contributed by atoms with Crippen molar-refractivity contribution in [2.45, 2.75) is 39.7 Å². The zero-order valence-corrected chi connectivity index (χ0v) is 18.6. The van der Waals surface area contributed by atoms with Crippen molar-refractivity contribution in [3.8, 4) is 5.75 Å². The van der Waals surface area contributed by atoms with Crippen LogP contribution >= 0.6 is 0 Å². The van der Waals surface area contributed by atoms with E-state index in [1.807, 2.05) is 39.0 Å². The van der Waals surface area contributed by atoms with Gasteiger partial charge in [0.05, 0.1) is 18.8 Å². The molecule has 0 radical (unpaired) electrons. The van der Waals surface area contributed by atoms with Crippen molar-refractivity contribution in [1.82, 2.24) is 9.88 Å². The van der Waals surface area contributed by atoms with Crippen LogP contribution in [0.1, 0.15) is 59.6 Å². The Morgan fingerprint density at radius 2 is 2.00 bits per heavy atom. The zero-order chi connectivity index (χ0) is 23.0. The van der Waals surface area contributed by atoms with E-state index in [1.54, 1.807) is 15.9 Å². The molecule has 3 heterocycles. The fourth-order valence-electron chi connectivity index (χ4n) is 4.22. The van der Waals surface area contributed by atoms with Crippen molar-refractivity contribution in [3.63, 3.8) is 0 Å². The van der Waals surface area contributed by atoms with Gasteiger partial charge in [0, 0.05) is 23.4 Å². The van der Waals surface area contributed by atoms with Gasteiger partial charge in [0.15, 0.2) is 5.78 Å². The third-order valence-electron chi connectivity index (χ3n) is 5.95. The van der Waals surface area contributed by atoms with E-state index in [0.717, 1.165) is 23.2 Å². The number of hydrogen-bond donors (Lipinski definition) is 2. The second-order valence-corrected chi connectivity index (χ2v) is 8.52. The van der Waals surface area contributed by atoms with Crippen molar-refractivity contribution in [2.75, 3.05) is 31.1 Å². The minimum Gasteiger partial charge on any atom is -0.489 e. The number of ketones is 1. The highest BCUT2D eigenvalue weighted by Gasteiger charge is 2.30. The molecular formula is C24H28N4O4. The van der Waals surface area contributed by atoms with E-state index in [0.29, 0.717) is 42.4 Å². The first-order valence-electron chi connectivity index (χ1n) is 10.9. The number of nitrogens with one attached hydrogen (secondary N) is 1. The number of pyridine rings is 1. The number of carbonyl (C=O) groups is 2. The van der Waals surface area contributed by atoms with Crippen LogP contribution < -0.4 is 9.64 Å². The second kappa shape index (κ2) is 8.61. The molecule has 0 aliphatic carbocycles. The van der Waals surface area contributed by atoms with Crippen molar-refractivity contribution < 1.29 is 19.4 Å². The lowest BCUT2D eigenvalue weighted by molar-refractivity contribution is -0.135. The molecule has 2 aliphatic rings. The highest BCUT2D eigenvalue weighted by molar-refractivity contribution is 6.05. The van der Waals surface area contributed by atoms with Gasteiger partial charge in [-0.15, -0.1) is 0 Å². The van der Waals surface area contributed by atoms with Gasteiger partial charge < -0.3 is 19.6 Å². The van der Waals surface area contributed by atoms with Crippen LogP contribution in [0.15, 0.2) is 24.3 Å². The molecule has 8 heteroatoms. The lowest BCUT2D eigenvalue weighted by Crippen LogP contribution is -2.37. The second-order valence-electron chi connectivity index (χ2n) is 8.52. The van der Waals surface area contributed by atoms with E-state index in [2.05, 4.69) is 4.98 Å². The molecule has 0 saturated heterocycles. The van der Waals surface area contributed by atoms with Gasteiger partial charge in [0.2, 0.25) is 0 Å². The number of carbonyl (C=O) groups excluding carboxylic acids is 1. The van der Waals surface area contributed by atoms with Crippen LogP contribution in [0.3, 0.4) is 0 Å². The Balaban J connectivity index is 1.62. The van der Waals surface area contributed by atoms with E-state index >= 15 is 0 Å². The largest absolute Gasteiger partial charge is 0.489 e. The normalized spacial score (nSPS) is 14.9. The molecular weight excluding hydrogens is 408 g/mol. The lowest BCUT2D eigenvalue weighted by atomic mass is 9.95. The first kappa shape index (κ1) is 21.8. The molecule has 0 bridgehead atoms. The molecule has 2 aromatic rings. The molecule has 168 valence electrons. The Hall–Kier alpha value is -3.42. The Bertz CT molecular complexity index is 1100. The number of Topliss-reactive ketones (excluding diaryl/α,β-unsaturated/α-hetero) is 1. The SMILES string of the molecule is CCc1ccc2c(n1)C(=N)N(CC(=O)c1cc(C(C)C)c3c(c1)N(CC(=O)O)CCO3)C2. The summed E-state index contributed by atoms with van der Waals surface area (Å²) in [7, 11) is 0. The van der Waals surface area contributed by atoms with Gasteiger partial charge in [0.1, 0.15) is 30.4 Å². The summed E-state index contributed by atoms with van der Waals surface area (Å²) in [4.78, 5) is 32.7. The zero-order valence-electron chi connectivity index (χ0n) is 18.6. The Labute approximate surface area is 187 Å². The van der Waals surface area contributed by atoms with Crippen molar-refractivity contribution in [1.29, 1.82) is 5.41 Å². The Kier molecular flexibility index (Phi) is 5.86. The van der Waals surface area contributed by atoms with Crippen molar-refractivity contribution in [2.24, 2.45) is 0 Å². The molecule has 4 rings (SSSR count). The van der Waals surface area contributed by atoms with E-state index in [4.69, 9.17) is 10.1 Å². The van der Waals surface area contributed by atoms with E-state index in [1.165, 1.54) is 0 Å². The van der Waals surface area contributed by atoms with Crippen LogP contribution in [0.25, 0.3) is 0 Å². The fraction of sp³-hybridized carbons (Fsp3) is 0.417. The molecule has 32 heavy (non-hydrogen) atoms. The van der Waals surface area contributed by atoms with Gasteiger partial charge in [-0.1, -0.05) is 26.8 Å². The summed E-state index contributed by atoms with van der Waals surface area (Å²) in [6.07, 6.45) is 0.793. The minimum absolute atomic E-state index is 0.0623. The third-order valence-corrected chi connectivity index (χ3v) is 5.95. The number of carboxylic acids is 1. The van der Waals surface area contributed by atoms with Gasteiger partial charge in [-0.25, -0.2) is 4.98 Å². The average Bonchev–Trinajstić information content (AvgIpc) is 3.07. The smallest absolute Gasteiger partial charge is 0.323 e. The summed E-state index contributed by atoms with van der Waals surface area (Å²) in [5.41, 5.74) is 4.55. The Morgan fingerprint density at radius 1 is 1.22 bits per heavy atom. The number of rotatable bonds is 7. The highest BCUT2D eigenvalue weighted by Crippen LogP contribution is 2.40. The maximum atomic E-state index is 13.3. The highest BCUT2D eigenvalue weighted by atomic mass is 16.5. The molecule has 2 aliphatic heterocycles. The van der Waals surface area contributed by atoms with Crippen LogP contribution in [0, 0.1) is 5.41 Å². The molecule has 0 spiro atoms. The van der Waals surface area contributed by atoms with Gasteiger partial charge in [-0.2, -0.15) is 0 Å². The van der Waals surface area contributed by atoms with Gasteiger partial charge >= 0.3 is 5.97 Å². The molecule has 0 unspecified atom stereocenters. The summed E-state index contributed by atoms with van der Waals surface area (Å²) in [6, 6.07) is 7.52.